The highest BCUT2D eigenvalue weighted by molar-refractivity contribution is 5.76. The SMILES string of the molecule is NCCCN(Cc1ccccc1)C(=O)CCc1nc(-c2ccoc2)no1. The molecule has 0 atom stereocenters. The van der Waals surface area contributed by atoms with E-state index in [1.165, 1.54) is 0 Å². The van der Waals surface area contributed by atoms with Crippen LogP contribution in [-0.4, -0.2) is 34.0 Å². The number of aryl methyl sites for hydroxylation is 1. The third-order valence-corrected chi connectivity index (χ3v) is 4.00. The largest absolute Gasteiger partial charge is 0.472 e. The lowest BCUT2D eigenvalue weighted by atomic mass is 10.2. The Morgan fingerprint density at radius 3 is 2.77 bits per heavy atom. The molecule has 0 unspecified atom stereocenters. The molecule has 0 fully saturated rings. The first-order chi connectivity index (χ1) is 12.8. The van der Waals surface area contributed by atoms with Gasteiger partial charge < -0.3 is 19.6 Å². The van der Waals surface area contributed by atoms with Crippen LogP contribution in [0, 0.1) is 0 Å². The van der Waals surface area contributed by atoms with Crippen LogP contribution in [0.3, 0.4) is 0 Å². The second kappa shape index (κ2) is 8.96. The van der Waals surface area contributed by atoms with Gasteiger partial charge in [0.25, 0.3) is 0 Å². The highest BCUT2D eigenvalue weighted by atomic mass is 16.5. The predicted molar refractivity (Wildman–Crippen MR) is 95.9 cm³/mol. The van der Waals surface area contributed by atoms with Gasteiger partial charge in [-0.05, 0) is 24.6 Å². The van der Waals surface area contributed by atoms with E-state index in [2.05, 4.69) is 10.1 Å². The third-order valence-electron chi connectivity index (χ3n) is 4.00. The molecule has 2 N–H and O–H groups in total. The molecule has 136 valence electrons. The van der Waals surface area contributed by atoms with Gasteiger partial charge in [-0.2, -0.15) is 4.98 Å². The molecule has 2 aromatic heterocycles. The van der Waals surface area contributed by atoms with E-state index in [-0.39, 0.29) is 5.91 Å². The van der Waals surface area contributed by atoms with Crippen molar-refractivity contribution in [3.05, 3.63) is 60.4 Å². The maximum atomic E-state index is 12.6. The highest BCUT2D eigenvalue weighted by Gasteiger charge is 2.16. The minimum atomic E-state index is 0.0466. The molecule has 3 aromatic rings. The Bertz CT molecular complexity index is 799. The van der Waals surface area contributed by atoms with Crippen LogP contribution in [0.15, 0.2) is 57.9 Å². The van der Waals surface area contributed by atoms with Crippen molar-refractivity contribution in [1.82, 2.24) is 15.0 Å². The normalized spacial score (nSPS) is 10.8. The molecule has 0 aliphatic carbocycles. The molecule has 2 heterocycles. The van der Waals surface area contributed by atoms with Crippen LogP contribution < -0.4 is 5.73 Å². The lowest BCUT2D eigenvalue weighted by molar-refractivity contribution is -0.131. The summed E-state index contributed by atoms with van der Waals surface area (Å²) in [5.74, 6) is 0.948. The van der Waals surface area contributed by atoms with Crippen LogP contribution in [0.1, 0.15) is 24.3 Å². The molecule has 7 heteroatoms. The van der Waals surface area contributed by atoms with E-state index in [9.17, 15) is 4.79 Å². The fraction of sp³-hybridized carbons (Fsp3) is 0.316. The Hall–Kier alpha value is -2.93. The van der Waals surface area contributed by atoms with Gasteiger partial charge in [-0.1, -0.05) is 35.5 Å². The molecule has 3 rings (SSSR count). The molecule has 0 saturated carbocycles. The molecule has 26 heavy (non-hydrogen) atoms. The number of furan rings is 1. The molecule has 0 spiro atoms. The average Bonchev–Trinajstić information content (AvgIpc) is 3.35. The van der Waals surface area contributed by atoms with Crippen LogP contribution in [0.2, 0.25) is 0 Å². The standard InChI is InChI=1S/C19H22N4O3/c20-10-4-11-23(13-15-5-2-1-3-6-15)18(24)8-7-17-21-19(22-26-17)16-9-12-25-14-16/h1-3,5-6,9,12,14H,4,7-8,10-11,13,20H2. The average molecular weight is 354 g/mol. The fourth-order valence-corrected chi connectivity index (χ4v) is 2.62. The summed E-state index contributed by atoms with van der Waals surface area (Å²) >= 11 is 0. The number of rotatable bonds is 9. The Balaban J connectivity index is 1.58. The summed E-state index contributed by atoms with van der Waals surface area (Å²) < 4.78 is 10.2. The van der Waals surface area contributed by atoms with E-state index in [1.54, 1.807) is 18.6 Å². The summed E-state index contributed by atoms with van der Waals surface area (Å²) in [7, 11) is 0. The number of carbonyl (C=O) groups is 1. The Morgan fingerprint density at radius 1 is 1.19 bits per heavy atom. The Labute approximate surface area is 151 Å². The summed E-state index contributed by atoms with van der Waals surface area (Å²) in [6.07, 6.45) is 4.58. The molecular formula is C19H22N4O3. The van der Waals surface area contributed by atoms with Crippen molar-refractivity contribution in [2.45, 2.75) is 25.8 Å². The molecule has 0 saturated heterocycles. The van der Waals surface area contributed by atoms with Gasteiger partial charge in [0.2, 0.25) is 17.6 Å². The van der Waals surface area contributed by atoms with Crippen LogP contribution in [0.5, 0.6) is 0 Å². The van der Waals surface area contributed by atoms with Gasteiger partial charge in [0, 0.05) is 25.9 Å². The zero-order chi connectivity index (χ0) is 18.2. The smallest absolute Gasteiger partial charge is 0.227 e. The topological polar surface area (TPSA) is 98.4 Å². The van der Waals surface area contributed by atoms with E-state index in [4.69, 9.17) is 14.7 Å². The van der Waals surface area contributed by atoms with Crippen molar-refractivity contribution in [2.75, 3.05) is 13.1 Å². The van der Waals surface area contributed by atoms with Gasteiger partial charge in [0.1, 0.15) is 6.26 Å². The number of benzene rings is 1. The van der Waals surface area contributed by atoms with E-state index < -0.39 is 0 Å². The Kier molecular flexibility index (Phi) is 6.16. The van der Waals surface area contributed by atoms with Gasteiger partial charge in [0.05, 0.1) is 11.8 Å². The number of hydrogen-bond acceptors (Lipinski definition) is 6. The van der Waals surface area contributed by atoms with Gasteiger partial charge in [0.15, 0.2) is 0 Å². The summed E-state index contributed by atoms with van der Waals surface area (Å²) in [4.78, 5) is 18.8. The van der Waals surface area contributed by atoms with E-state index >= 15 is 0 Å². The summed E-state index contributed by atoms with van der Waals surface area (Å²) in [6.45, 7) is 1.76. The second-order valence-corrected chi connectivity index (χ2v) is 5.97. The zero-order valence-electron chi connectivity index (χ0n) is 14.5. The maximum Gasteiger partial charge on any atom is 0.227 e. The summed E-state index contributed by atoms with van der Waals surface area (Å²) in [5, 5.41) is 3.91. The molecular weight excluding hydrogens is 332 g/mol. The van der Waals surface area contributed by atoms with Crippen LogP contribution >= 0.6 is 0 Å². The first-order valence-corrected chi connectivity index (χ1v) is 8.63. The number of carbonyl (C=O) groups excluding carboxylic acids is 1. The van der Waals surface area contributed by atoms with Crippen molar-refractivity contribution in [3.63, 3.8) is 0 Å². The van der Waals surface area contributed by atoms with Crippen LogP contribution in [0.4, 0.5) is 0 Å². The van der Waals surface area contributed by atoms with Gasteiger partial charge in [-0.15, -0.1) is 0 Å². The number of nitrogens with two attached hydrogens (primary N) is 1. The number of amides is 1. The van der Waals surface area contributed by atoms with Crippen LogP contribution in [0.25, 0.3) is 11.4 Å². The molecule has 0 aliphatic heterocycles. The van der Waals surface area contributed by atoms with E-state index in [0.29, 0.717) is 44.2 Å². The minimum Gasteiger partial charge on any atom is -0.472 e. The van der Waals surface area contributed by atoms with Gasteiger partial charge in [-0.25, -0.2) is 0 Å². The summed E-state index contributed by atoms with van der Waals surface area (Å²) in [5.41, 5.74) is 7.45. The fourth-order valence-electron chi connectivity index (χ4n) is 2.62. The lowest BCUT2D eigenvalue weighted by Crippen LogP contribution is -2.32. The van der Waals surface area contributed by atoms with Crippen molar-refractivity contribution < 1.29 is 13.7 Å². The van der Waals surface area contributed by atoms with Crippen molar-refractivity contribution in [2.24, 2.45) is 5.73 Å². The second-order valence-electron chi connectivity index (χ2n) is 5.97. The highest BCUT2D eigenvalue weighted by Crippen LogP contribution is 2.16. The van der Waals surface area contributed by atoms with Crippen molar-refractivity contribution in [1.29, 1.82) is 0 Å². The molecule has 0 bridgehead atoms. The molecule has 7 nitrogen and oxygen atoms in total. The quantitative estimate of drug-likeness (QED) is 0.634. The first kappa shape index (κ1) is 17.9. The predicted octanol–water partition coefficient (Wildman–Crippen LogP) is 2.64. The first-order valence-electron chi connectivity index (χ1n) is 8.63. The molecule has 1 amide bonds. The third kappa shape index (κ3) is 4.80. The van der Waals surface area contributed by atoms with Gasteiger partial charge in [-0.3, -0.25) is 4.79 Å². The number of nitrogens with zero attached hydrogens (tertiary/aromatic N) is 3. The minimum absolute atomic E-state index is 0.0466. The molecule has 0 radical (unpaired) electrons. The van der Waals surface area contributed by atoms with Gasteiger partial charge >= 0.3 is 0 Å². The van der Waals surface area contributed by atoms with Crippen molar-refractivity contribution >= 4 is 5.91 Å². The molecule has 1 aromatic carbocycles. The molecule has 0 aliphatic rings. The monoisotopic (exact) mass is 354 g/mol. The number of aromatic nitrogens is 2. The number of hydrogen-bond donors (Lipinski definition) is 1. The van der Waals surface area contributed by atoms with Crippen molar-refractivity contribution in [3.8, 4) is 11.4 Å². The maximum absolute atomic E-state index is 12.6. The zero-order valence-corrected chi connectivity index (χ0v) is 14.5. The van der Waals surface area contributed by atoms with E-state index in [0.717, 1.165) is 17.5 Å². The lowest BCUT2D eigenvalue weighted by Gasteiger charge is -2.22. The van der Waals surface area contributed by atoms with E-state index in [1.807, 2.05) is 35.2 Å². The summed E-state index contributed by atoms with van der Waals surface area (Å²) in [6, 6.07) is 11.7. The van der Waals surface area contributed by atoms with Crippen LogP contribution in [-0.2, 0) is 17.8 Å². The Morgan fingerprint density at radius 2 is 2.04 bits per heavy atom.